The summed E-state index contributed by atoms with van der Waals surface area (Å²) in [5, 5.41) is 2.75. The first-order chi connectivity index (χ1) is 8.52. The Hall–Kier alpha value is -1.49. The van der Waals surface area contributed by atoms with Crippen LogP contribution in [0.1, 0.15) is 25.3 Å². The van der Waals surface area contributed by atoms with Crippen molar-refractivity contribution in [1.29, 1.82) is 0 Å². The third-order valence-corrected chi connectivity index (χ3v) is 2.61. The summed E-state index contributed by atoms with van der Waals surface area (Å²) < 4.78 is 26.0. The second-order valence-electron chi connectivity index (χ2n) is 4.31. The number of nitrogens with two attached hydrogens (primary N) is 1. The smallest absolute Gasteiger partial charge is 0.224 e. The van der Waals surface area contributed by atoms with Crippen LogP contribution < -0.4 is 11.1 Å². The molecule has 0 heterocycles. The number of carbonyl (C=O) groups is 1. The van der Waals surface area contributed by atoms with Crippen LogP contribution in [0.15, 0.2) is 18.2 Å². The maximum absolute atomic E-state index is 13.3. The van der Waals surface area contributed by atoms with Crippen molar-refractivity contribution >= 4 is 5.91 Å². The quantitative estimate of drug-likeness (QED) is 0.814. The SMILES string of the molecule is CC(CCCN)NC(=O)Cc1ccc(F)cc1F. The molecule has 0 spiro atoms. The van der Waals surface area contributed by atoms with E-state index in [-0.39, 0.29) is 23.9 Å². The van der Waals surface area contributed by atoms with Crippen LogP contribution in [0.3, 0.4) is 0 Å². The first-order valence-corrected chi connectivity index (χ1v) is 5.96. The van der Waals surface area contributed by atoms with Crippen molar-refractivity contribution in [2.45, 2.75) is 32.2 Å². The molecule has 1 aromatic rings. The van der Waals surface area contributed by atoms with Crippen molar-refractivity contribution in [2.24, 2.45) is 5.73 Å². The fourth-order valence-electron chi connectivity index (χ4n) is 1.66. The van der Waals surface area contributed by atoms with Crippen molar-refractivity contribution in [2.75, 3.05) is 6.54 Å². The fourth-order valence-corrected chi connectivity index (χ4v) is 1.66. The van der Waals surface area contributed by atoms with Gasteiger partial charge in [0, 0.05) is 12.1 Å². The molecule has 1 aromatic carbocycles. The normalized spacial score (nSPS) is 12.2. The topological polar surface area (TPSA) is 55.1 Å². The van der Waals surface area contributed by atoms with Gasteiger partial charge in [0.1, 0.15) is 11.6 Å². The second kappa shape index (κ2) is 7.06. The van der Waals surface area contributed by atoms with Crippen LogP contribution in [-0.2, 0) is 11.2 Å². The van der Waals surface area contributed by atoms with Crippen LogP contribution in [-0.4, -0.2) is 18.5 Å². The molecule has 0 bridgehead atoms. The van der Waals surface area contributed by atoms with E-state index in [1.165, 1.54) is 6.07 Å². The van der Waals surface area contributed by atoms with E-state index < -0.39 is 11.6 Å². The number of benzene rings is 1. The van der Waals surface area contributed by atoms with Crippen LogP contribution in [0.2, 0.25) is 0 Å². The van der Waals surface area contributed by atoms with Gasteiger partial charge in [0.2, 0.25) is 5.91 Å². The molecule has 1 atom stereocenters. The van der Waals surface area contributed by atoms with E-state index in [0.29, 0.717) is 6.54 Å². The average molecular weight is 256 g/mol. The lowest BCUT2D eigenvalue weighted by molar-refractivity contribution is -0.121. The first kappa shape index (κ1) is 14.6. The number of carbonyl (C=O) groups excluding carboxylic acids is 1. The fraction of sp³-hybridized carbons (Fsp3) is 0.462. The van der Waals surface area contributed by atoms with Gasteiger partial charge in [0.15, 0.2) is 0 Å². The second-order valence-corrected chi connectivity index (χ2v) is 4.31. The minimum atomic E-state index is -0.695. The number of halogens is 2. The summed E-state index contributed by atoms with van der Waals surface area (Å²) >= 11 is 0. The number of rotatable bonds is 6. The number of nitrogens with one attached hydrogen (secondary N) is 1. The van der Waals surface area contributed by atoms with Crippen LogP contribution in [0.5, 0.6) is 0 Å². The van der Waals surface area contributed by atoms with Crippen LogP contribution >= 0.6 is 0 Å². The Balaban J connectivity index is 2.49. The molecule has 0 aliphatic carbocycles. The minimum Gasteiger partial charge on any atom is -0.353 e. The van der Waals surface area contributed by atoms with E-state index in [9.17, 15) is 13.6 Å². The number of hydrogen-bond donors (Lipinski definition) is 2. The molecule has 0 saturated carbocycles. The van der Waals surface area contributed by atoms with Gasteiger partial charge in [-0.25, -0.2) is 8.78 Å². The van der Waals surface area contributed by atoms with Gasteiger partial charge in [-0.1, -0.05) is 6.07 Å². The zero-order valence-electron chi connectivity index (χ0n) is 10.4. The van der Waals surface area contributed by atoms with Gasteiger partial charge in [0.25, 0.3) is 0 Å². The predicted octanol–water partition coefficient (Wildman–Crippen LogP) is 1.75. The Bertz CT molecular complexity index is 410. The highest BCUT2D eigenvalue weighted by Gasteiger charge is 2.11. The molecule has 18 heavy (non-hydrogen) atoms. The minimum absolute atomic E-state index is 0.00422. The van der Waals surface area contributed by atoms with E-state index in [4.69, 9.17) is 5.73 Å². The van der Waals surface area contributed by atoms with Crippen LogP contribution in [0.4, 0.5) is 8.78 Å². The molecule has 3 N–H and O–H groups in total. The van der Waals surface area contributed by atoms with Crippen molar-refractivity contribution in [3.8, 4) is 0 Å². The van der Waals surface area contributed by atoms with Gasteiger partial charge in [-0.3, -0.25) is 4.79 Å². The number of amides is 1. The summed E-state index contributed by atoms with van der Waals surface area (Å²) in [6, 6.07) is 3.21. The molecule has 0 aromatic heterocycles. The lowest BCUT2D eigenvalue weighted by Gasteiger charge is -2.13. The van der Waals surface area contributed by atoms with E-state index in [1.54, 1.807) is 0 Å². The molecular formula is C13H18F2N2O. The highest BCUT2D eigenvalue weighted by Crippen LogP contribution is 2.10. The molecule has 0 radical (unpaired) electrons. The molecular weight excluding hydrogens is 238 g/mol. The zero-order chi connectivity index (χ0) is 13.5. The van der Waals surface area contributed by atoms with Crippen molar-refractivity contribution in [3.63, 3.8) is 0 Å². The predicted molar refractivity (Wildman–Crippen MR) is 66.0 cm³/mol. The zero-order valence-corrected chi connectivity index (χ0v) is 10.4. The van der Waals surface area contributed by atoms with Gasteiger partial charge < -0.3 is 11.1 Å². The highest BCUT2D eigenvalue weighted by molar-refractivity contribution is 5.78. The largest absolute Gasteiger partial charge is 0.353 e. The van der Waals surface area contributed by atoms with Crippen molar-refractivity contribution in [1.82, 2.24) is 5.32 Å². The lowest BCUT2D eigenvalue weighted by Crippen LogP contribution is -2.34. The van der Waals surface area contributed by atoms with E-state index in [0.717, 1.165) is 25.0 Å². The summed E-state index contributed by atoms with van der Waals surface area (Å²) in [4.78, 5) is 11.6. The Morgan fingerprint density at radius 3 is 2.78 bits per heavy atom. The molecule has 1 unspecified atom stereocenters. The summed E-state index contributed by atoms with van der Waals surface area (Å²) in [7, 11) is 0. The Morgan fingerprint density at radius 1 is 1.44 bits per heavy atom. The maximum atomic E-state index is 13.3. The molecule has 5 heteroatoms. The molecule has 0 aliphatic heterocycles. The Kier molecular flexibility index (Phi) is 5.71. The highest BCUT2D eigenvalue weighted by atomic mass is 19.1. The molecule has 100 valence electrons. The summed E-state index contributed by atoms with van der Waals surface area (Å²) in [6.07, 6.45) is 1.53. The van der Waals surface area contributed by atoms with Crippen molar-refractivity contribution in [3.05, 3.63) is 35.4 Å². The van der Waals surface area contributed by atoms with Crippen LogP contribution in [0.25, 0.3) is 0 Å². The van der Waals surface area contributed by atoms with E-state index in [2.05, 4.69) is 5.32 Å². The number of hydrogen-bond acceptors (Lipinski definition) is 2. The van der Waals surface area contributed by atoms with Gasteiger partial charge in [-0.05, 0) is 37.9 Å². The molecule has 1 amide bonds. The molecule has 0 fully saturated rings. The first-order valence-electron chi connectivity index (χ1n) is 5.96. The molecule has 3 nitrogen and oxygen atoms in total. The van der Waals surface area contributed by atoms with Gasteiger partial charge in [0.05, 0.1) is 6.42 Å². The monoisotopic (exact) mass is 256 g/mol. The molecule has 1 rings (SSSR count). The molecule has 0 saturated heterocycles. The standard InChI is InChI=1S/C13H18F2N2O/c1-9(3-2-6-16)17-13(18)7-10-4-5-11(14)8-12(10)15/h4-5,8-9H,2-3,6-7,16H2,1H3,(H,17,18). The summed E-state index contributed by atoms with van der Waals surface area (Å²) in [6.45, 7) is 2.45. The third-order valence-electron chi connectivity index (χ3n) is 2.61. The van der Waals surface area contributed by atoms with E-state index in [1.807, 2.05) is 6.92 Å². The third kappa shape index (κ3) is 4.79. The lowest BCUT2D eigenvalue weighted by atomic mass is 10.1. The van der Waals surface area contributed by atoms with Gasteiger partial charge in [-0.15, -0.1) is 0 Å². The average Bonchev–Trinajstić information content (AvgIpc) is 2.30. The van der Waals surface area contributed by atoms with E-state index >= 15 is 0 Å². The van der Waals surface area contributed by atoms with Gasteiger partial charge >= 0.3 is 0 Å². The maximum Gasteiger partial charge on any atom is 0.224 e. The molecule has 0 aliphatic rings. The van der Waals surface area contributed by atoms with Crippen molar-refractivity contribution < 1.29 is 13.6 Å². The Labute approximate surface area is 105 Å². The summed E-state index contributed by atoms with van der Waals surface area (Å²) in [5.74, 6) is -1.61. The summed E-state index contributed by atoms with van der Waals surface area (Å²) in [5.41, 5.74) is 5.56. The van der Waals surface area contributed by atoms with Crippen LogP contribution in [0, 0.1) is 11.6 Å². The van der Waals surface area contributed by atoms with Gasteiger partial charge in [-0.2, -0.15) is 0 Å². The Morgan fingerprint density at radius 2 is 2.17 bits per heavy atom.